The van der Waals surface area contributed by atoms with Crippen LogP contribution in [0.2, 0.25) is 0 Å². The van der Waals surface area contributed by atoms with Crippen molar-refractivity contribution in [3.05, 3.63) is 0 Å². The average molecular weight is 254 g/mol. The van der Waals surface area contributed by atoms with Crippen LogP contribution in [-0.2, 0) is 14.3 Å². The minimum atomic E-state index is -0.581. The summed E-state index contributed by atoms with van der Waals surface area (Å²) in [6, 6.07) is 0.0570. The summed E-state index contributed by atoms with van der Waals surface area (Å²) in [6.45, 7) is 2.76. The number of amides is 2. The van der Waals surface area contributed by atoms with Gasteiger partial charge in [0, 0.05) is 19.8 Å². The van der Waals surface area contributed by atoms with E-state index >= 15 is 0 Å². The van der Waals surface area contributed by atoms with E-state index in [-0.39, 0.29) is 24.4 Å². The van der Waals surface area contributed by atoms with Crippen LogP contribution in [0.3, 0.4) is 0 Å². The molecule has 18 heavy (non-hydrogen) atoms. The Morgan fingerprint density at radius 2 is 2.06 bits per heavy atom. The number of carbonyl (C=O) groups is 2. The van der Waals surface area contributed by atoms with Gasteiger partial charge in [0.15, 0.2) is 0 Å². The standard InChI is InChI=1S/C13H22N2O3/c1-10(5-8-18-2)15-11(16)9-14-12(17)13(15)6-3-4-7-13/h10H,3-9H2,1-2H3,(H,14,17). The zero-order valence-electron chi connectivity index (χ0n) is 11.2. The van der Waals surface area contributed by atoms with Gasteiger partial charge in [-0.1, -0.05) is 12.8 Å². The minimum Gasteiger partial charge on any atom is -0.385 e. The van der Waals surface area contributed by atoms with E-state index in [1.807, 2.05) is 11.8 Å². The van der Waals surface area contributed by atoms with Gasteiger partial charge in [-0.25, -0.2) is 0 Å². The molecular formula is C13H22N2O3. The molecule has 1 aliphatic heterocycles. The van der Waals surface area contributed by atoms with Crippen LogP contribution in [0.25, 0.3) is 0 Å². The lowest BCUT2D eigenvalue weighted by molar-refractivity contribution is -0.157. The maximum atomic E-state index is 12.2. The summed E-state index contributed by atoms with van der Waals surface area (Å²) >= 11 is 0. The molecule has 2 fully saturated rings. The van der Waals surface area contributed by atoms with E-state index in [0.29, 0.717) is 6.61 Å². The lowest BCUT2D eigenvalue weighted by Gasteiger charge is -2.46. The summed E-state index contributed by atoms with van der Waals surface area (Å²) in [5.74, 6) is 0.0731. The van der Waals surface area contributed by atoms with Gasteiger partial charge in [-0.2, -0.15) is 0 Å². The molecule has 0 aromatic heterocycles. The first kappa shape index (κ1) is 13.3. The van der Waals surface area contributed by atoms with E-state index in [2.05, 4.69) is 5.32 Å². The van der Waals surface area contributed by atoms with Crippen LogP contribution in [0.4, 0.5) is 0 Å². The molecule has 1 unspecified atom stereocenters. The molecule has 2 rings (SSSR count). The third-order valence-corrected chi connectivity index (χ3v) is 4.16. The topological polar surface area (TPSA) is 58.6 Å². The fourth-order valence-electron chi connectivity index (χ4n) is 3.27. The third kappa shape index (κ3) is 2.11. The predicted molar refractivity (Wildman–Crippen MR) is 67.0 cm³/mol. The Labute approximate surface area is 108 Å². The Morgan fingerprint density at radius 1 is 1.39 bits per heavy atom. The van der Waals surface area contributed by atoms with Gasteiger partial charge < -0.3 is 15.0 Å². The summed E-state index contributed by atoms with van der Waals surface area (Å²) in [6.07, 6.45) is 4.41. The molecule has 5 heteroatoms. The molecule has 2 aliphatic rings. The van der Waals surface area contributed by atoms with Crippen molar-refractivity contribution in [1.82, 2.24) is 10.2 Å². The summed E-state index contributed by atoms with van der Waals surface area (Å²) in [7, 11) is 1.66. The molecule has 1 saturated carbocycles. The number of hydrogen-bond acceptors (Lipinski definition) is 3. The maximum Gasteiger partial charge on any atom is 0.246 e. The number of nitrogens with zero attached hydrogens (tertiary/aromatic N) is 1. The molecule has 0 aromatic carbocycles. The summed E-state index contributed by atoms with van der Waals surface area (Å²) < 4.78 is 5.08. The molecule has 1 aliphatic carbocycles. The van der Waals surface area contributed by atoms with Crippen molar-refractivity contribution in [2.24, 2.45) is 0 Å². The fourth-order valence-corrected chi connectivity index (χ4v) is 3.27. The molecule has 1 atom stereocenters. The van der Waals surface area contributed by atoms with Crippen molar-refractivity contribution in [2.45, 2.75) is 50.6 Å². The zero-order valence-corrected chi connectivity index (χ0v) is 11.2. The first-order chi connectivity index (χ1) is 8.62. The van der Waals surface area contributed by atoms with Crippen LogP contribution in [0, 0.1) is 0 Å². The molecular weight excluding hydrogens is 232 g/mol. The van der Waals surface area contributed by atoms with Crippen molar-refractivity contribution < 1.29 is 14.3 Å². The van der Waals surface area contributed by atoms with Gasteiger partial charge in [0.25, 0.3) is 0 Å². The molecule has 0 bridgehead atoms. The average Bonchev–Trinajstić information content (AvgIpc) is 2.82. The van der Waals surface area contributed by atoms with E-state index in [1.165, 1.54) is 0 Å². The number of piperazine rings is 1. The van der Waals surface area contributed by atoms with Crippen LogP contribution in [0.5, 0.6) is 0 Å². The van der Waals surface area contributed by atoms with Crippen molar-refractivity contribution in [1.29, 1.82) is 0 Å². The van der Waals surface area contributed by atoms with Gasteiger partial charge in [0.2, 0.25) is 11.8 Å². The number of rotatable bonds is 4. The molecule has 0 radical (unpaired) electrons. The number of ether oxygens (including phenoxy) is 1. The second-order valence-corrected chi connectivity index (χ2v) is 5.32. The van der Waals surface area contributed by atoms with Crippen molar-refractivity contribution in [3.8, 4) is 0 Å². The third-order valence-electron chi connectivity index (χ3n) is 4.16. The largest absolute Gasteiger partial charge is 0.385 e. The van der Waals surface area contributed by atoms with Gasteiger partial charge in [-0.15, -0.1) is 0 Å². The second kappa shape index (κ2) is 5.26. The number of methoxy groups -OCH3 is 1. The molecule has 1 saturated heterocycles. The number of nitrogens with one attached hydrogen (secondary N) is 1. The Morgan fingerprint density at radius 3 is 2.67 bits per heavy atom. The van der Waals surface area contributed by atoms with Gasteiger partial charge in [-0.3, -0.25) is 9.59 Å². The van der Waals surface area contributed by atoms with Crippen LogP contribution in [0.1, 0.15) is 39.0 Å². The SMILES string of the molecule is COCCC(C)N1C(=O)CNC(=O)C12CCCC2. The van der Waals surface area contributed by atoms with Crippen LogP contribution >= 0.6 is 0 Å². The number of hydrogen-bond donors (Lipinski definition) is 1. The molecule has 102 valence electrons. The lowest BCUT2D eigenvalue weighted by Crippen LogP contribution is -2.68. The highest BCUT2D eigenvalue weighted by atomic mass is 16.5. The van der Waals surface area contributed by atoms with Gasteiger partial charge in [-0.05, 0) is 26.2 Å². The first-order valence-electron chi connectivity index (χ1n) is 6.71. The molecule has 1 N–H and O–H groups in total. The van der Waals surface area contributed by atoms with E-state index in [4.69, 9.17) is 4.74 Å². The lowest BCUT2D eigenvalue weighted by atomic mass is 9.89. The molecule has 2 amide bonds. The van der Waals surface area contributed by atoms with E-state index in [1.54, 1.807) is 7.11 Å². The fraction of sp³-hybridized carbons (Fsp3) is 0.846. The monoisotopic (exact) mass is 254 g/mol. The van der Waals surface area contributed by atoms with Crippen LogP contribution in [0.15, 0.2) is 0 Å². The first-order valence-corrected chi connectivity index (χ1v) is 6.71. The predicted octanol–water partition coefficient (Wildman–Crippen LogP) is 0.683. The minimum absolute atomic E-state index is 0.0314. The molecule has 5 nitrogen and oxygen atoms in total. The summed E-state index contributed by atoms with van der Waals surface area (Å²) in [5, 5.41) is 2.74. The smallest absolute Gasteiger partial charge is 0.246 e. The highest BCUT2D eigenvalue weighted by Gasteiger charge is 2.52. The van der Waals surface area contributed by atoms with Crippen molar-refractivity contribution in [2.75, 3.05) is 20.3 Å². The van der Waals surface area contributed by atoms with Gasteiger partial charge in [0.1, 0.15) is 5.54 Å². The molecule has 1 spiro atoms. The van der Waals surface area contributed by atoms with Crippen molar-refractivity contribution in [3.63, 3.8) is 0 Å². The quantitative estimate of drug-likeness (QED) is 0.802. The Hall–Kier alpha value is -1.10. The van der Waals surface area contributed by atoms with E-state index in [9.17, 15) is 9.59 Å². The molecule has 1 heterocycles. The van der Waals surface area contributed by atoms with Crippen molar-refractivity contribution >= 4 is 11.8 Å². The highest BCUT2D eigenvalue weighted by Crippen LogP contribution is 2.38. The maximum absolute atomic E-state index is 12.2. The summed E-state index contributed by atoms with van der Waals surface area (Å²) in [4.78, 5) is 26.2. The Kier molecular flexibility index (Phi) is 3.90. The Balaban J connectivity index is 2.21. The summed E-state index contributed by atoms with van der Waals surface area (Å²) in [5.41, 5.74) is -0.581. The normalized spacial score (nSPS) is 24.4. The van der Waals surface area contributed by atoms with Gasteiger partial charge >= 0.3 is 0 Å². The number of carbonyl (C=O) groups excluding carboxylic acids is 2. The Bertz CT molecular complexity index is 337. The second-order valence-electron chi connectivity index (χ2n) is 5.32. The van der Waals surface area contributed by atoms with E-state index < -0.39 is 5.54 Å². The van der Waals surface area contributed by atoms with Crippen LogP contribution in [-0.4, -0.2) is 48.6 Å². The zero-order chi connectivity index (χ0) is 13.2. The molecule has 0 aromatic rings. The van der Waals surface area contributed by atoms with Crippen LogP contribution < -0.4 is 5.32 Å². The van der Waals surface area contributed by atoms with Gasteiger partial charge in [0.05, 0.1) is 6.54 Å². The van der Waals surface area contributed by atoms with E-state index in [0.717, 1.165) is 32.1 Å². The highest BCUT2D eigenvalue weighted by molar-refractivity contribution is 5.98.